The van der Waals surface area contributed by atoms with Crippen LogP contribution >= 0.6 is 0 Å². The molecule has 0 unspecified atom stereocenters. The first-order valence-electron chi connectivity index (χ1n) is 13.4. The van der Waals surface area contributed by atoms with E-state index in [0.717, 1.165) is 24.0 Å². The van der Waals surface area contributed by atoms with E-state index in [1.54, 1.807) is 18.2 Å². The van der Waals surface area contributed by atoms with Crippen LogP contribution in [-0.4, -0.2) is 30.3 Å². The molecule has 3 aromatic carbocycles. The normalized spacial score (nSPS) is 25.1. The minimum atomic E-state index is -0.697. The van der Waals surface area contributed by atoms with Crippen LogP contribution in [-0.2, 0) is 19.1 Å². The summed E-state index contributed by atoms with van der Waals surface area (Å²) in [6.45, 7) is 3.33. The molecule has 0 aromatic heterocycles. The van der Waals surface area contributed by atoms with Crippen molar-refractivity contribution in [3.63, 3.8) is 0 Å². The van der Waals surface area contributed by atoms with Gasteiger partial charge in [-0.3, -0.25) is 19.3 Å². The van der Waals surface area contributed by atoms with Crippen LogP contribution in [0.1, 0.15) is 45.8 Å². The van der Waals surface area contributed by atoms with Crippen LogP contribution in [0, 0.1) is 37.5 Å². The topological polar surface area (TPSA) is 92.8 Å². The summed E-state index contributed by atoms with van der Waals surface area (Å²) in [5.41, 5.74) is 4.29. The number of para-hydroxylation sites is 1. The lowest BCUT2D eigenvalue weighted by Gasteiger charge is -2.28. The summed E-state index contributed by atoms with van der Waals surface area (Å²) in [4.78, 5) is 53.6. The summed E-state index contributed by atoms with van der Waals surface area (Å²) in [6, 6.07) is 22.3. The highest BCUT2D eigenvalue weighted by Gasteiger charge is 2.64. The van der Waals surface area contributed by atoms with E-state index in [9.17, 15) is 19.2 Å². The van der Waals surface area contributed by atoms with Gasteiger partial charge in [-0.15, -0.1) is 0 Å². The third kappa shape index (κ3) is 4.32. The average Bonchev–Trinajstić information content (AvgIpc) is 3.61. The lowest BCUT2D eigenvalue weighted by Crippen LogP contribution is -2.33. The number of carbonyl (C=O) groups is 4. The number of esters is 1. The molecular formula is C32H30N2O5. The van der Waals surface area contributed by atoms with E-state index in [-0.39, 0.29) is 47.0 Å². The Morgan fingerprint density at radius 2 is 1.56 bits per heavy atom. The van der Waals surface area contributed by atoms with Gasteiger partial charge in [0.25, 0.3) is 5.91 Å². The van der Waals surface area contributed by atoms with Gasteiger partial charge in [-0.25, -0.2) is 4.79 Å². The third-order valence-corrected chi connectivity index (χ3v) is 8.66. The second kappa shape index (κ2) is 9.80. The molecule has 39 heavy (non-hydrogen) atoms. The molecule has 7 heteroatoms. The van der Waals surface area contributed by atoms with Crippen molar-refractivity contribution in [1.29, 1.82) is 0 Å². The number of nitrogens with zero attached hydrogens (tertiary/aromatic N) is 1. The number of hydrogen-bond acceptors (Lipinski definition) is 5. The molecule has 0 radical (unpaired) electrons. The largest absolute Gasteiger partial charge is 0.452 e. The summed E-state index contributed by atoms with van der Waals surface area (Å²) in [6.07, 6.45) is 1.82. The number of benzene rings is 3. The Labute approximate surface area is 227 Å². The average molecular weight is 523 g/mol. The number of imide groups is 1. The number of nitrogens with one attached hydrogen (secondary N) is 1. The first-order valence-corrected chi connectivity index (χ1v) is 13.4. The molecule has 198 valence electrons. The molecule has 1 saturated heterocycles. The standard InChI is InChI=1S/C32H30N2O5/c1-18-8-6-9-19(2)29(18)33-26(35)17-39-32(38)21-12-7-13-23(14-21)34-30(36)27-22-15-24(20-10-4-3-5-11-20)25(16-22)28(27)31(34)37/h3-14,22,24-25,27-28H,15-17H2,1-2H3,(H,33,35)/t22-,24-,25+,27+,28-/m0/s1. The SMILES string of the molecule is Cc1cccc(C)c1NC(=O)COC(=O)c1cccc(N2C(=O)[C@@H]3[C@@H]4C[C@@H]([C@@H]3C2=O)[C@H](c2ccccc2)C4)c1. The van der Waals surface area contributed by atoms with Crippen LogP contribution in [0.25, 0.3) is 0 Å². The molecule has 2 aliphatic carbocycles. The molecule has 1 N–H and O–H groups in total. The minimum absolute atomic E-state index is 0.146. The zero-order chi connectivity index (χ0) is 27.3. The highest BCUT2D eigenvalue weighted by molar-refractivity contribution is 6.23. The summed E-state index contributed by atoms with van der Waals surface area (Å²) in [7, 11) is 0. The Balaban J connectivity index is 1.15. The molecule has 7 nitrogen and oxygen atoms in total. The van der Waals surface area contributed by atoms with Crippen LogP contribution in [0.5, 0.6) is 0 Å². The Morgan fingerprint density at radius 1 is 0.872 bits per heavy atom. The molecule has 1 heterocycles. The number of rotatable bonds is 6. The van der Waals surface area contributed by atoms with E-state index in [4.69, 9.17) is 4.74 Å². The number of fused-ring (bicyclic) bond motifs is 5. The highest BCUT2D eigenvalue weighted by atomic mass is 16.5. The van der Waals surface area contributed by atoms with Crippen LogP contribution in [0.15, 0.2) is 72.8 Å². The highest BCUT2D eigenvalue weighted by Crippen LogP contribution is 2.61. The lowest BCUT2D eigenvalue weighted by atomic mass is 9.73. The fourth-order valence-electron chi connectivity index (χ4n) is 6.97. The molecular weight excluding hydrogens is 492 g/mol. The van der Waals surface area contributed by atoms with Crippen molar-refractivity contribution in [2.45, 2.75) is 32.6 Å². The number of aryl methyl sites for hydroxylation is 2. The number of amides is 3. The molecule has 1 aliphatic heterocycles. The van der Waals surface area contributed by atoms with Gasteiger partial charge in [0.15, 0.2) is 6.61 Å². The van der Waals surface area contributed by atoms with Crippen molar-refractivity contribution in [3.05, 3.63) is 95.1 Å². The maximum Gasteiger partial charge on any atom is 0.338 e. The third-order valence-electron chi connectivity index (χ3n) is 8.66. The maximum atomic E-state index is 13.6. The second-order valence-electron chi connectivity index (χ2n) is 10.9. The molecule has 5 atom stereocenters. The summed E-state index contributed by atoms with van der Waals surface area (Å²) >= 11 is 0. The number of anilines is 2. The predicted octanol–water partition coefficient (Wildman–Crippen LogP) is 5.03. The quantitative estimate of drug-likeness (QED) is 0.362. The van der Waals surface area contributed by atoms with Crippen molar-refractivity contribution < 1.29 is 23.9 Å². The van der Waals surface area contributed by atoms with E-state index >= 15 is 0 Å². The summed E-state index contributed by atoms with van der Waals surface area (Å²) in [5.74, 6) is -1.51. The number of ether oxygens (including phenoxy) is 1. The van der Waals surface area contributed by atoms with Crippen LogP contribution in [0.2, 0.25) is 0 Å². The molecule has 2 saturated carbocycles. The van der Waals surface area contributed by atoms with Gasteiger partial charge in [0.05, 0.1) is 23.1 Å². The van der Waals surface area contributed by atoms with E-state index in [1.165, 1.54) is 16.5 Å². The molecule has 0 spiro atoms. The van der Waals surface area contributed by atoms with E-state index in [1.807, 2.05) is 50.2 Å². The van der Waals surface area contributed by atoms with Gasteiger partial charge in [0, 0.05) is 5.69 Å². The monoisotopic (exact) mass is 522 g/mol. The Bertz CT molecular complexity index is 1460. The van der Waals surface area contributed by atoms with Gasteiger partial charge in [0.2, 0.25) is 11.8 Å². The van der Waals surface area contributed by atoms with Crippen molar-refractivity contribution in [3.8, 4) is 0 Å². The molecule has 3 fully saturated rings. The zero-order valence-corrected chi connectivity index (χ0v) is 21.9. The minimum Gasteiger partial charge on any atom is -0.452 e. The predicted molar refractivity (Wildman–Crippen MR) is 146 cm³/mol. The molecule has 3 aromatic rings. The molecule has 2 bridgehead atoms. The van der Waals surface area contributed by atoms with Gasteiger partial charge in [-0.2, -0.15) is 0 Å². The van der Waals surface area contributed by atoms with Crippen molar-refractivity contribution in [1.82, 2.24) is 0 Å². The van der Waals surface area contributed by atoms with Crippen molar-refractivity contribution in [2.75, 3.05) is 16.8 Å². The summed E-state index contributed by atoms with van der Waals surface area (Å²) in [5, 5.41) is 2.79. The first-order chi connectivity index (χ1) is 18.8. The molecule has 3 amide bonds. The van der Waals surface area contributed by atoms with Crippen LogP contribution in [0.3, 0.4) is 0 Å². The van der Waals surface area contributed by atoms with Gasteiger partial charge < -0.3 is 10.1 Å². The fraction of sp³-hybridized carbons (Fsp3) is 0.312. The summed E-state index contributed by atoms with van der Waals surface area (Å²) < 4.78 is 5.26. The van der Waals surface area contributed by atoms with Crippen molar-refractivity contribution in [2.24, 2.45) is 23.7 Å². The first kappa shape index (κ1) is 25.0. The Morgan fingerprint density at radius 3 is 2.31 bits per heavy atom. The van der Waals surface area contributed by atoms with Crippen LogP contribution in [0.4, 0.5) is 11.4 Å². The van der Waals surface area contributed by atoms with Crippen molar-refractivity contribution >= 4 is 35.1 Å². The van der Waals surface area contributed by atoms with Gasteiger partial charge >= 0.3 is 5.97 Å². The maximum absolute atomic E-state index is 13.6. The van der Waals surface area contributed by atoms with Gasteiger partial charge in [0.1, 0.15) is 0 Å². The number of carbonyl (C=O) groups excluding carboxylic acids is 4. The lowest BCUT2D eigenvalue weighted by molar-refractivity contribution is -0.123. The van der Waals surface area contributed by atoms with E-state index in [2.05, 4.69) is 17.4 Å². The molecule has 3 aliphatic rings. The fourth-order valence-corrected chi connectivity index (χ4v) is 6.97. The number of hydrogen-bond donors (Lipinski definition) is 1. The van der Waals surface area contributed by atoms with E-state index in [0.29, 0.717) is 11.4 Å². The second-order valence-corrected chi connectivity index (χ2v) is 10.9. The Hall–Kier alpha value is -4.26. The molecule has 6 rings (SSSR count). The van der Waals surface area contributed by atoms with Crippen LogP contribution < -0.4 is 10.2 Å². The van der Waals surface area contributed by atoms with E-state index < -0.39 is 18.5 Å². The van der Waals surface area contributed by atoms with Gasteiger partial charge in [-0.05, 0) is 79.3 Å². The Kier molecular flexibility index (Phi) is 6.29. The smallest absolute Gasteiger partial charge is 0.338 e. The van der Waals surface area contributed by atoms with Gasteiger partial charge in [-0.1, -0.05) is 54.6 Å². The zero-order valence-electron chi connectivity index (χ0n) is 21.9.